The SMILES string of the molecule is COCCC(=O)N1CCC(c2nc3ccccc3o2)CC1. The van der Waals surface area contributed by atoms with E-state index in [0.29, 0.717) is 18.9 Å². The molecule has 5 heteroatoms. The summed E-state index contributed by atoms with van der Waals surface area (Å²) >= 11 is 0. The molecule has 3 rings (SSSR count). The first-order chi connectivity index (χ1) is 10.3. The van der Waals surface area contributed by atoms with E-state index in [1.165, 1.54) is 0 Å². The highest BCUT2D eigenvalue weighted by molar-refractivity contribution is 5.76. The predicted molar refractivity (Wildman–Crippen MR) is 79.1 cm³/mol. The maximum absolute atomic E-state index is 11.9. The number of ether oxygens (including phenoxy) is 1. The van der Waals surface area contributed by atoms with E-state index in [-0.39, 0.29) is 5.91 Å². The average molecular weight is 288 g/mol. The predicted octanol–water partition coefficient (Wildman–Crippen LogP) is 2.57. The van der Waals surface area contributed by atoms with Gasteiger partial charge in [0.1, 0.15) is 5.52 Å². The third-order valence-electron chi connectivity index (χ3n) is 4.03. The zero-order valence-corrected chi connectivity index (χ0v) is 12.2. The highest BCUT2D eigenvalue weighted by Crippen LogP contribution is 2.29. The molecule has 0 radical (unpaired) electrons. The van der Waals surface area contributed by atoms with Crippen molar-refractivity contribution >= 4 is 17.0 Å². The minimum atomic E-state index is 0.174. The topological polar surface area (TPSA) is 55.6 Å². The van der Waals surface area contributed by atoms with Crippen LogP contribution in [0.4, 0.5) is 0 Å². The summed E-state index contributed by atoms with van der Waals surface area (Å²) in [7, 11) is 1.62. The van der Waals surface area contributed by atoms with Crippen LogP contribution in [0.15, 0.2) is 28.7 Å². The van der Waals surface area contributed by atoms with Crippen LogP contribution in [0.1, 0.15) is 31.1 Å². The minimum Gasteiger partial charge on any atom is -0.440 e. The van der Waals surface area contributed by atoms with Gasteiger partial charge in [0.25, 0.3) is 0 Å². The molecule has 1 aromatic carbocycles. The van der Waals surface area contributed by atoms with Crippen molar-refractivity contribution in [2.75, 3.05) is 26.8 Å². The Morgan fingerprint density at radius 3 is 2.86 bits per heavy atom. The van der Waals surface area contributed by atoms with Crippen molar-refractivity contribution in [2.24, 2.45) is 0 Å². The summed E-state index contributed by atoms with van der Waals surface area (Å²) in [4.78, 5) is 18.4. The van der Waals surface area contributed by atoms with Crippen LogP contribution < -0.4 is 0 Å². The molecule has 1 aliphatic rings. The van der Waals surface area contributed by atoms with Gasteiger partial charge in [-0.25, -0.2) is 4.98 Å². The highest BCUT2D eigenvalue weighted by Gasteiger charge is 2.26. The first kappa shape index (κ1) is 14.1. The van der Waals surface area contributed by atoms with Gasteiger partial charge in [0, 0.05) is 26.1 Å². The van der Waals surface area contributed by atoms with E-state index in [1.54, 1.807) is 7.11 Å². The molecular weight excluding hydrogens is 268 g/mol. The van der Waals surface area contributed by atoms with Gasteiger partial charge in [-0.3, -0.25) is 4.79 Å². The molecule has 0 saturated carbocycles. The lowest BCUT2D eigenvalue weighted by Gasteiger charge is -2.30. The number of fused-ring (bicyclic) bond motifs is 1. The van der Waals surface area contributed by atoms with Crippen LogP contribution in [-0.2, 0) is 9.53 Å². The van der Waals surface area contributed by atoms with Crippen LogP contribution in [0.25, 0.3) is 11.1 Å². The van der Waals surface area contributed by atoms with Crippen LogP contribution in [-0.4, -0.2) is 42.6 Å². The lowest BCUT2D eigenvalue weighted by atomic mass is 9.96. The number of amides is 1. The molecule has 5 nitrogen and oxygen atoms in total. The first-order valence-corrected chi connectivity index (χ1v) is 7.40. The number of hydrogen-bond donors (Lipinski definition) is 0. The molecule has 0 spiro atoms. The van der Waals surface area contributed by atoms with Gasteiger partial charge in [0.2, 0.25) is 5.91 Å². The molecule has 21 heavy (non-hydrogen) atoms. The molecule has 1 fully saturated rings. The van der Waals surface area contributed by atoms with E-state index >= 15 is 0 Å². The van der Waals surface area contributed by atoms with Gasteiger partial charge in [0.15, 0.2) is 11.5 Å². The van der Waals surface area contributed by atoms with E-state index in [9.17, 15) is 4.79 Å². The lowest BCUT2D eigenvalue weighted by Crippen LogP contribution is -2.38. The van der Waals surface area contributed by atoms with Gasteiger partial charge in [-0.05, 0) is 25.0 Å². The Hall–Kier alpha value is -1.88. The van der Waals surface area contributed by atoms with Gasteiger partial charge in [-0.1, -0.05) is 12.1 Å². The summed E-state index contributed by atoms with van der Waals surface area (Å²) in [6.07, 6.45) is 2.28. The van der Waals surface area contributed by atoms with Crippen molar-refractivity contribution in [1.29, 1.82) is 0 Å². The first-order valence-electron chi connectivity index (χ1n) is 7.40. The number of aromatic nitrogens is 1. The molecule has 112 valence electrons. The van der Waals surface area contributed by atoms with Crippen LogP contribution in [0.5, 0.6) is 0 Å². The second-order valence-electron chi connectivity index (χ2n) is 5.42. The van der Waals surface area contributed by atoms with Gasteiger partial charge in [-0.15, -0.1) is 0 Å². The molecule has 0 aliphatic carbocycles. The van der Waals surface area contributed by atoms with E-state index in [0.717, 1.165) is 42.9 Å². The monoisotopic (exact) mass is 288 g/mol. The number of para-hydroxylation sites is 2. The number of piperidine rings is 1. The van der Waals surface area contributed by atoms with Crippen molar-refractivity contribution in [3.8, 4) is 0 Å². The molecule has 1 aliphatic heterocycles. The fourth-order valence-corrected chi connectivity index (χ4v) is 2.79. The number of oxazole rings is 1. The second kappa shape index (κ2) is 6.26. The number of carbonyl (C=O) groups excluding carboxylic acids is 1. The molecule has 2 heterocycles. The number of hydrogen-bond acceptors (Lipinski definition) is 4. The summed E-state index contributed by atoms with van der Waals surface area (Å²) in [6.45, 7) is 2.03. The molecule has 1 amide bonds. The van der Waals surface area contributed by atoms with Gasteiger partial charge < -0.3 is 14.1 Å². The van der Waals surface area contributed by atoms with Crippen molar-refractivity contribution in [1.82, 2.24) is 9.88 Å². The fraction of sp³-hybridized carbons (Fsp3) is 0.500. The molecule has 1 saturated heterocycles. The number of carbonyl (C=O) groups is 1. The van der Waals surface area contributed by atoms with Crippen molar-refractivity contribution in [3.63, 3.8) is 0 Å². The van der Waals surface area contributed by atoms with Crippen LogP contribution in [0.2, 0.25) is 0 Å². The molecular formula is C16H20N2O3. The summed E-state index contributed by atoms with van der Waals surface area (Å²) in [5.41, 5.74) is 1.75. The highest BCUT2D eigenvalue weighted by atomic mass is 16.5. The van der Waals surface area contributed by atoms with E-state index < -0.39 is 0 Å². The number of methoxy groups -OCH3 is 1. The number of benzene rings is 1. The largest absolute Gasteiger partial charge is 0.440 e. The Balaban J connectivity index is 1.61. The van der Waals surface area contributed by atoms with Crippen molar-refractivity contribution in [2.45, 2.75) is 25.2 Å². The molecule has 2 aromatic rings. The maximum Gasteiger partial charge on any atom is 0.224 e. The Morgan fingerprint density at radius 1 is 1.38 bits per heavy atom. The maximum atomic E-state index is 11.9. The molecule has 0 atom stereocenters. The van der Waals surface area contributed by atoms with Crippen LogP contribution in [0.3, 0.4) is 0 Å². The Labute approximate surface area is 123 Å². The Morgan fingerprint density at radius 2 is 2.14 bits per heavy atom. The van der Waals surface area contributed by atoms with Gasteiger partial charge in [-0.2, -0.15) is 0 Å². The number of nitrogens with zero attached hydrogens (tertiary/aromatic N) is 2. The summed E-state index contributed by atoms with van der Waals surface area (Å²) < 4.78 is 10.8. The van der Waals surface area contributed by atoms with E-state index in [4.69, 9.17) is 9.15 Å². The number of likely N-dealkylation sites (tertiary alicyclic amines) is 1. The average Bonchev–Trinajstić information content (AvgIpc) is 2.96. The number of rotatable bonds is 4. The lowest BCUT2D eigenvalue weighted by molar-refractivity contribution is -0.133. The fourth-order valence-electron chi connectivity index (χ4n) is 2.79. The van der Waals surface area contributed by atoms with Gasteiger partial charge in [0.05, 0.1) is 13.0 Å². The third-order valence-corrected chi connectivity index (χ3v) is 4.03. The van der Waals surface area contributed by atoms with Crippen molar-refractivity contribution in [3.05, 3.63) is 30.2 Å². The zero-order chi connectivity index (χ0) is 14.7. The normalized spacial score (nSPS) is 16.5. The molecule has 0 bridgehead atoms. The third kappa shape index (κ3) is 3.08. The van der Waals surface area contributed by atoms with Gasteiger partial charge >= 0.3 is 0 Å². The van der Waals surface area contributed by atoms with Crippen molar-refractivity contribution < 1.29 is 13.9 Å². The molecule has 0 N–H and O–H groups in total. The summed E-state index contributed by atoms with van der Waals surface area (Å²) in [6, 6.07) is 7.82. The second-order valence-corrected chi connectivity index (χ2v) is 5.42. The van der Waals surface area contributed by atoms with Crippen LogP contribution in [0, 0.1) is 0 Å². The Bertz CT molecular complexity index is 582. The summed E-state index contributed by atoms with van der Waals surface area (Å²) in [5.74, 6) is 1.29. The summed E-state index contributed by atoms with van der Waals surface area (Å²) in [5, 5.41) is 0. The standard InChI is InChI=1S/C16H20N2O3/c1-20-11-8-15(19)18-9-6-12(7-10-18)16-17-13-4-2-3-5-14(13)21-16/h2-5,12H,6-11H2,1H3. The molecule has 0 unspecified atom stereocenters. The quantitative estimate of drug-likeness (QED) is 0.867. The van der Waals surface area contributed by atoms with E-state index in [1.807, 2.05) is 29.2 Å². The zero-order valence-electron chi connectivity index (χ0n) is 12.2. The smallest absolute Gasteiger partial charge is 0.224 e. The Kier molecular flexibility index (Phi) is 4.20. The minimum absolute atomic E-state index is 0.174. The van der Waals surface area contributed by atoms with Crippen LogP contribution >= 0.6 is 0 Å². The van der Waals surface area contributed by atoms with E-state index in [2.05, 4.69) is 4.98 Å². The molecule has 1 aromatic heterocycles.